The first-order valence-corrected chi connectivity index (χ1v) is 11.4. The standard InChI is InChI=1S/C20H23Cl2NO2S/c1-23(2)20-9-7-15(14-5-8-18(21)19(22)11-14)16-6-4-13(10-17(16)20)12-26(3,24)25/h4-6,8,10-11,15,20H,7,9,12H2,1-3H3/t15-,20-/m0/s1. The minimum atomic E-state index is -3.06. The van der Waals surface area contributed by atoms with Crippen molar-refractivity contribution < 1.29 is 8.42 Å². The van der Waals surface area contributed by atoms with Crippen molar-refractivity contribution in [2.45, 2.75) is 30.6 Å². The van der Waals surface area contributed by atoms with Crippen molar-refractivity contribution in [1.82, 2.24) is 4.90 Å². The number of hydrogen-bond donors (Lipinski definition) is 0. The summed E-state index contributed by atoms with van der Waals surface area (Å²) >= 11 is 12.3. The second kappa shape index (κ2) is 7.51. The van der Waals surface area contributed by atoms with Crippen LogP contribution in [0.15, 0.2) is 36.4 Å². The van der Waals surface area contributed by atoms with E-state index in [1.807, 2.05) is 24.3 Å². The fourth-order valence-electron chi connectivity index (χ4n) is 3.87. The summed E-state index contributed by atoms with van der Waals surface area (Å²) in [6.07, 6.45) is 3.29. The fraction of sp³-hybridized carbons (Fsp3) is 0.400. The van der Waals surface area contributed by atoms with Crippen LogP contribution in [0.5, 0.6) is 0 Å². The van der Waals surface area contributed by atoms with E-state index in [1.54, 1.807) is 0 Å². The van der Waals surface area contributed by atoms with E-state index in [2.05, 4.69) is 31.1 Å². The average molecular weight is 412 g/mol. The van der Waals surface area contributed by atoms with Crippen LogP contribution in [-0.2, 0) is 15.6 Å². The number of rotatable bonds is 4. The maximum absolute atomic E-state index is 11.7. The lowest BCUT2D eigenvalue weighted by molar-refractivity contribution is 0.262. The van der Waals surface area contributed by atoms with Crippen molar-refractivity contribution in [1.29, 1.82) is 0 Å². The predicted molar refractivity (Wildman–Crippen MR) is 109 cm³/mol. The Bertz CT molecular complexity index is 925. The van der Waals surface area contributed by atoms with Gasteiger partial charge in [0.25, 0.3) is 0 Å². The molecular formula is C20H23Cl2NO2S. The van der Waals surface area contributed by atoms with Crippen LogP contribution < -0.4 is 0 Å². The lowest BCUT2D eigenvalue weighted by Gasteiger charge is -2.36. The Morgan fingerprint density at radius 1 is 1.00 bits per heavy atom. The summed E-state index contributed by atoms with van der Waals surface area (Å²) in [5.41, 5.74) is 4.44. The summed E-state index contributed by atoms with van der Waals surface area (Å²) in [5.74, 6) is 0.306. The quantitative estimate of drug-likeness (QED) is 0.704. The van der Waals surface area contributed by atoms with Gasteiger partial charge in [0, 0.05) is 18.2 Å². The molecular weight excluding hydrogens is 389 g/mol. The third-order valence-electron chi connectivity index (χ3n) is 5.01. The molecule has 2 aromatic rings. The zero-order valence-corrected chi connectivity index (χ0v) is 17.5. The molecule has 0 aliphatic heterocycles. The van der Waals surface area contributed by atoms with Gasteiger partial charge in [-0.25, -0.2) is 8.42 Å². The number of fused-ring (bicyclic) bond motifs is 1. The molecule has 1 aliphatic carbocycles. The van der Waals surface area contributed by atoms with Crippen molar-refractivity contribution in [3.63, 3.8) is 0 Å². The van der Waals surface area contributed by atoms with Crippen LogP contribution in [0.3, 0.4) is 0 Å². The molecule has 0 saturated carbocycles. The first kappa shape index (κ1) is 19.7. The van der Waals surface area contributed by atoms with Crippen LogP contribution in [0.1, 0.15) is 47.1 Å². The van der Waals surface area contributed by atoms with Crippen LogP contribution in [0.4, 0.5) is 0 Å². The second-order valence-electron chi connectivity index (χ2n) is 7.32. The van der Waals surface area contributed by atoms with Crippen LogP contribution in [-0.4, -0.2) is 33.7 Å². The molecule has 0 saturated heterocycles. The van der Waals surface area contributed by atoms with E-state index < -0.39 is 9.84 Å². The van der Waals surface area contributed by atoms with Gasteiger partial charge in [-0.15, -0.1) is 0 Å². The van der Waals surface area contributed by atoms with Gasteiger partial charge in [-0.1, -0.05) is 47.5 Å². The highest BCUT2D eigenvalue weighted by atomic mass is 35.5. The van der Waals surface area contributed by atoms with E-state index in [0.717, 1.165) is 24.0 Å². The van der Waals surface area contributed by atoms with E-state index >= 15 is 0 Å². The van der Waals surface area contributed by atoms with Gasteiger partial charge < -0.3 is 4.90 Å². The Balaban J connectivity index is 2.07. The van der Waals surface area contributed by atoms with Gasteiger partial charge in [-0.3, -0.25) is 0 Å². The number of hydrogen-bond acceptors (Lipinski definition) is 3. The predicted octanol–water partition coefficient (Wildman–Crippen LogP) is 5.07. The number of halogens is 2. The number of benzene rings is 2. The summed E-state index contributed by atoms with van der Waals surface area (Å²) in [7, 11) is 1.07. The third kappa shape index (κ3) is 4.25. The Labute approximate surface area is 165 Å². The van der Waals surface area contributed by atoms with E-state index in [4.69, 9.17) is 23.2 Å². The highest BCUT2D eigenvalue weighted by molar-refractivity contribution is 7.89. The largest absolute Gasteiger partial charge is 0.302 e. The Morgan fingerprint density at radius 2 is 1.73 bits per heavy atom. The van der Waals surface area contributed by atoms with Gasteiger partial charge in [-0.05, 0) is 61.3 Å². The van der Waals surface area contributed by atoms with Gasteiger partial charge in [0.15, 0.2) is 9.84 Å². The topological polar surface area (TPSA) is 37.4 Å². The minimum Gasteiger partial charge on any atom is -0.302 e. The van der Waals surface area contributed by atoms with Crippen LogP contribution >= 0.6 is 23.2 Å². The summed E-state index contributed by atoms with van der Waals surface area (Å²) in [6, 6.07) is 12.2. The molecule has 2 atom stereocenters. The Kier molecular flexibility index (Phi) is 5.69. The maximum Gasteiger partial charge on any atom is 0.151 e. The van der Waals surface area contributed by atoms with E-state index in [0.29, 0.717) is 10.0 Å². The second-order valence-corrected chi connectivity index (χ2v) is 10.3. The monoisotopic (exact) mass is 411 g/mol. The van der Waals surface area contributed by atoms with Crippen molar-refractivity contribution in [3.8, 4) is 0 Å². The first-order chi connectivity index (χ1) is 12.2. The SMILES string of the molecule is CN(C)[C@H]1CC[C@@H](c2ccc(Cl)c(Cl)c2)c2ccc(CS(C)(=O)=O)cc21. The Hall–Kier alpha value is -1.07. The summed E-state index contributed by atoms with van der Waals surface area (Å²) in [4.78, 5) is 2.20. The lowest BCUT2D eigenvalue weighted by Crippen LogP contribution is -2.26. The molecule has 0 fully saturated rings. The van der Waals surface area contributed by atoms with E-state index in [9.17, 15) is 8.42 Å². The maximum atomic E-state index is 11.7. The number of nitrogens with zero attached hydrogens (tertiary/aromatic N) is 1. The zero-order valence-electron chi connectivity index (χ0n) is 15.2. The minimum absolute atomic E-state index is 0.0673. The van der Waals surface area contributed by atoms with Gasteiger partial charge in [-0.2, -0.15) is 0 Å². The molecule has 140 valence electrons. The van der Waals surface area contributed by atoms with E-state index in [-0.39, 0.29) is 17.7 Å². The lowest BCUT2D eigenvalue weighted by atomic mass is 9.76. The molecule has 1 aliphatic rings. The molecule has 3 nitrogen and oxygen atoms in total. The molecule has 3 rings (SSSR count). The molecule has 0 unspecified atom stereocenters. The first-order valence-electron chi connectivity index (χ1n) is 8.57. The van der Waals surface area contributed by atoms with Crippen molar-refractivity contribution in [2.75, 3.05) is 20.4 Å². The smallest absolute Gasteiger partial charge is 0.151 e. The van der Waals surface area contributed by atoms with Crippen molar-refractivity contribution in [3.05, 3.63) is 68.7 Å². The van der Waals surface area contributed by atoms with Crippen molar-refractivity contribution >= 4 is 33.0 Å². The molecule has 0 radical (unpaired) electrons. The molecule has 0 spiro atoms. The molecule has 0 aromatic heterocycles. The van der Waals surface area contributed by atoms with Crippen LogP contribution in [0.2, 0.25) is 10.0 Å². The highest BCUT2D eigenvalue weighted by Crippen LogP contribution is 2.44. The molecule has 0 bridgehead atoms. The van der Waals surface area contributed by atoms with Crippen LogP contribution in [0, 0.1) is 0 Å². The average Bonchev–Trinajstić information content (AvgIpc) is 2.54. The zero-order chi connectivity index (χ0) is 19.1. The normalized spacial score (nSPS) is 20.2. The summed E-state index contributed by atoms with van der Waals surface area (Å²) < 4.78 is 23.4. The molecule has 0 amide bonds. The van der Waals surface area contributed by atoms with Gasteiger partial charge in [0.2, 0.25) is 0 Å². The molecule has 0 heterocycles. The third-order valence-corrected chi connectivity index (χ3v) is 6.61. The summed E-state index contributed by atoms with van der Waals surface area (Å²) in [6.45, 7) is 0. The van der Waals surface area contributed by atoms with E-state index in [1.165, 1.54) is 17.4 Å². The Morgan fingerprint density at radius 3 is 2.35 bits per heavy atom. The van der Waals surface area contributed by atoms with Crippen molar-refractivity contribution in [2.24, 2.45) is 0 Å². The molecule has 2 aromatic carbocycles. The fourth-order valence-corrected chi connectivity index (χ4v) is 4.96. The summed E-state index contributed by atoms with van der Waals surface area (Å²) in [5, 5.41) is 1.12. The highest BCUT2D eigenvalue weighted by Gasteiger charge is 2.30. The van der Waals surface area contributed by atoms with Gasteiger partial charge in [0.1, 0.15) is 0 Å². The van der Waals surface area contributed by atoms with Crippen LogP contribution in [0.25, 0.3) is 0 Å². The van der Waals surface area contributed by atoms with Gasteiger partial charge >= 0.3 is 0 Å². The number of sulfone groups is 1. The molecule has 0 N–H and O–H groups in total. The van der Waals surface area contributed by atoms with Gasteiger partial charge in [0.05, 0.1) is 15.8 Å². The molecule has 26 heavy (non-hydrogen) atoms. The molecule has 6 heteroatoms.